The van der Waals surface area contributed by atoms with E-state index < -0.39 is 0 Å². The van der Waals surface area contributed by atoms with Gasteiger partial charge in [-0.25, -0.2) is 9.97 Å². The van der Waals surface area contributed by atoms with E-state index in [0.717, 1.165) is 11.3 Å². The average molecular weight is 323 g/mol. The Morgan fingerprint density at radius 1 is 1.29 bits per heavy atom. The molecule has 0 unspecified atom stereocenters. The number of halogens is 2. The lowest BCUT2D eigenvalue weighted by atomic mass is 10.1. The molecule has 2 N–H and O–H groups in total. The molecule has 108 valence electrons. The van der Waals surface area contributed by atoms with E-state index in [1.54, 1.807) is 29.3 Å². The maximum atomic E-state index is 12.5. The van der Waals surface area contributed by atoms with Crippen molar-refractivity contribution in [1.29, 1.82) is 0 Å². The molecular formula is C14H12Cl2N4O. The zero-order valence-electron chi connectivity index (χ0n) is 11.0. The number of fused-ring (bicyclic) bond motifs is 1. The first kappa shape index (κ1) is 14.1. The van der Waals surface area contributed by atoms with Crippen LogP contribution < -0.4 is 5.73 Å². The monoisotopic (exact) mass is 322 g/mol. The molecule has 1 amide bonds. The van der Waals surface area contributed by atoms with Crippen LogP contribution in [0.25, 0.3) is 0 Å². The Bertz CT molecular complexity index is 720. The van der Waals surface area contributed by atoms with Crippen LogP contribution in [0.5, 0.6) is 0 Å². The second kappa shape index (κ2) is 5.50. The fraction of sp³-hybridized carbons (Fsp3) is 0.214. The summed E-state index contributed by atoms with van der Waals surface area (Å²) in [7, 11) is 0. The molecule has 1 aromatic heterocycles. The van der Waals surface area contributed by atoms with Gasteiger partial charge in [0.2, 0.25) is 5.95 Å². The molecule has 1 aliphatic rings. The molecule has 0 atom stereocenters. The van der Waals surface area contributed by atoms with Crippen molar-refractivity contribution < 1.29 is 4.79 Å². The number of hydrogen-bond donors (Lipinski definition) is 1. The highest BCUT2D eigenvalue weighted by Gasteiger charge is 2.23. The molecule has 5 nitrogen and oxygen atoms in total. The van der Waals surface area contributed by atoms with Gasteiger partial charge in [0.05, 0.1) is 22.3 Å². The number of nitrogens with two attached hydrogens (primary N) is 1. The van der Waals surface area contributed by atoms with E-state index in [0.29, 0.717) is 35.1 Å². The number of amides is 1. The molecular weight excluding hydrogens is 311 g/mol. The maximum Gasteiger partial charge on any atom is 0.254 e. The van der Waals surface area contributed by atoms with E-state index in [-0.39, 0.29) is 11.9 Å². The first-order valence-electron chi connectivity index (χ1n) is 6.39. The lowest BCUT2D eigenvalue weighted by Crippen LogP contribution is -2.36. The Balaban J connectivity index is 1.85. The third-order valence-corrected chi connectivity index (χ3v) is 4.16. The van der Waals surface area contributed by atoms with Crippen LogP contribution in [0, 0.1) is 0 Å². The van der Waals surface area contributed by atoms with Gasteiger partial charge in [0.1, 0.15) is 0 Å². The van der Waals surface area contributed by atoms with Crippen molar-refractivity contribution in [3.63, 3.8) is 0 Å². The van der Waals surface area contributed by atoms with Crippen molar-refractivity contribution in [3.05, 3.63) is 51.3 Å². The maximum absolute atomic E-state index is 12.5. The van der Waals surface area contributed by atoms with E-state index in [1.165, 1.54) is 0 Å². The van der Waals surface area contributed by atoms with Gasteiger partial charge >= 0.3 is 0 Å². The summed E-state index contributed by atoms with van der Waals surface area (Å²) in [5.74, 6) is 0.119. The van der Waals surface area contributed by atoms with Gasteiger partial charge in [-0.15, -0.1) is 0 Å². The first-order chi connectivity index (χ1) is 10.0. The topological polar surface area (TPSA) is 72.1 Å². The number of benzene rings is 1. The summed E-state index contributed by atoms with van der Waals surface area (Å²) in [5, 5.41) is 0.796. The molecule has 2 aromatic rings. The number of hydrogen-bond acceptors (Lipinski definition) is 4. The largest absolute Gasteiger partial charge is 0.368 e. The summed E-state index contributed by atoms with van der Waals surface area (Å²) in [6.45, 7) is 1.03. The summed E-state index contributed by atoms with van der Waals surface area (Å²) < 4.78 is 0. The van der Waals surface area contributed by atoms with Crippen molar-refractivity contribution in [1.82, 2.24) is 14.9 Å². The van der Waals surface area contributed by atoms with Crippen LogP contribution in [0.1, 0.15) is 21.6 Å². The number of anilines is 1. The average Bonchev–Trinajstić information content (AvgIpc) is 2.48. The third kappa shape index (κ3) is 2.80. The third-order valence-electron chi connectivity index (χ3n) is 3.42. The second-order valence-electron chi connectivity index (χ2n) is 4.81. The summed E-state index contributed by atoms with van der Waals surface area (Å²) in [4.78, 5) is 22.4. The molecule has 0 spiro atoms. The van der Waals surface area contributed by atoms with E-state index in [9.17, 15) is 4.79 Å². The predicted octanol–water partition coefficient (Wildman–Crippen LogP) is 2.56. The van der Waals surface area contributed by atoms with Crippen LogP contribution in [0.4, 0.5) is 5.95 Å². The first-order valence-corrected chi connectivity index (χ1v) is 7.15. The molecule has 3 rings (SSSR count). The standard InChI is InChI=1S/C14H12Cl2N4O/c15-10-2-1-8(5-11(10)16)13(21)20-4-3-9-6-18-14(17)19-12(9)7-20/h1-2,5-6H,3-4,7H2,(H2,17,18,19). The Morgan fingerprint density at radius 3 is 2.86 bits per heavy atom. The molecule has 0 fully saturated rings. The molecule has 0 saturated carbocycles. The van der Waals surface area contributed by atoms with Crippen molar-refractivity contribution in [3.8, 4) is 0 Å². The van der Waals surface area contributed by atoms with Crippen LogP contribution in [-0.4, -0.2) is 27.3 Å². The zero-order valence-corrected chi connectivity index (χ0v) is 12.5. The van der Waals surface area contributed by atoms with Gasteiger partial charge < -0.3 is 10.6 Å². The smallest absolute Gasteiger partial charge is 0.254 e. The molecule has 1 aliphatic heterocycles. The number of carbonyl (C=O) groups is 1. The molecule has 0 saturated heterocycles. The summed E-state index contributed by atoms with van der Waals surface area (Å²) in [5.41, 5.74) is 7.93. The lowest BCUT2D eigenvalue weighted by Gasteiger charge is -2.28. The van der Waals surface area contributed by atoms with E-state index in [4.69, 9.17) is 28.9 Å². The molecule has 1 aromatic carbocycles. The van der Waals surface area contributed by atoms with Crippen molar-refractivity contribution >= 4 is 35.1 Å². The Kier molecular flexibility index (Phi) is 3.69. The molecule has 0 aliphatic carbocycles. The predicted molar refractivity (Wildman–Crippen MR) is 81.4 cm³/mol. The number of aromatic nitrogens is 2. The van der Waals surface area contributed by atoms with Gasteiger partial charge in [-0.2, -0.15) is 0 Å². The van der Waals surface area contributed by atoms with Crippen molar-refractivity contribution in [2.75, 3.05) is 12.3 Å². The van der Waals surface area contributed by atoms with Crippen molar-refractivity contribution in [2.45, 2.75) is 13.0 Å². The lowest BCUT2D eigenvalue weighted by molar-refractivity contribution is 0.0731. The fourth-order valence-corrected chi connectivity index (χ4v) is 2.60. The Morgan fingerprint density at radius 2 is 2.10 bits per heavy atom. The van der Waals surface area contributed by atoms with Gasteiger partial charge in [0.15, 0.2) is 0 Å². The molecule has 0 bridgehead atoms. The minimum Gasteiger partial charge on any atom is -0.368 e. The minimum atomic E-state index is -0.101. The number of nitrogens with zero attached hydrogens (tertiary/aromatic N) is 3. The Hall–Kier alpha value is -1.85. The molecule has 0 radical (unpaired) electrons. The summed E-state index contributed by atoms with van der Waals surface area (Å²) in [6.07, 6.45) is 2.43. The highest BCUT2D eigenvalue weighted by Crippen LogP contribution is 2.25. The van der Waals surface area contributed by atoms with Gasteiger partial charge in [-0.05, 0) is 30.2 Å². The molecule has 21 heavy (non-hydrogen) atoms. The number of rotatable bonds is 1. The van der Waals surface area contributed by atoms with Gasteiger partial charge in [-0.3, -0.25) is 4.79 Å². The highest BCUT2D eigenvalue weighted by molar-refractivity contribution is 6.42. The van der Waals surface area contributed by atoms with Gasteiger partial charge in [0.25, 0.3) is 5.91 Å². The summed E-state index contributed by atoms with van der Waals surface area (Å²) in [6, 6.07) is 4.87. The summed E-state index contributed by atoms with van der Waals surface area (Å²) >= 11 is 11.8. The van der Waals surface area contributed by atoms with E-state index >= 15 is 0 Å². The zero-order chi connectivity index (χ0) is 15.0. The highest BCUT2D eigenvalue weighted by atomic mass is 35.5. The van der Waals surface area contributed by atoms with Crippen LogP contribution in [-0.2, 0) is 13.0 Å². The number of nitrogen functional groups attached to an aromatic ring is 1. The van der Waals surface area contributed by atoms with Gasteiger partial charge in [-0.1, -0.05) is 23.2 Å². The normalized spacial score (nSPS) is 13.9. The number of carbonyl (C=O) groups excluding carboxylic acids is 1. The SMILES string of the molecule is Nc1ncc2c(n1)CN(C(=O)c1ccc(Cl)c(Cl)c1)CC2. The minimum absolute atomic E-state index is 0.101. The van der Waals surface area contributed by atoms with Crippen molar-refractivity contribution in [2.24, 2.45) is 0 Å². The fourth-order valence-electron chi connectivity index (χ4n) is 2.30. The van der Waals surface area contributed by atoms with E-state index in [1.807, 2.05) is 0 Å². The Labute approximate surface area is 131 Å². The second-order valence-corrected chi connectivity index (χ2v) is 5.62. The quantitative estimate of drug-likeness (QED) is 0.875. The van der Waals surface area contributed by atoms with Crippen LogP contribution in [0.2, 0.25) is 10.0 Å². The van der Waals surface area contributed by atoms with Gasteiger partial charge in [0, 0.05) is 18.3 Å². The molecule has 2 heterocycles. The van der Waals surface area contributed by atoms with Crippen LogP contribution in [0.15, 0.2) is 24.4 Å². The van der Waals surface area contributed by atoms with Crippen LogP contribution >= 0.6 is 23.2 Å². The van der Waals surface area contributed by atoms with E-state index in [2.05, 4.69) is 9.97 Å². The van der Waals surface area contributed by atoms with Crippen LogP contribution in [0.3, 0.4) is 0 Å². The molecule has 7 heteroatoms.